The van der Waals surface area contributed by atoms with Gasteiger partial charge in [0, 0.05) is 10.1 Å². The minimum Gasteiger partial charge on any atom is -0.480 e. The maximum absolute atomic E-state index is 13.6. The van der Waals surface area contributed by atoms with Gasteiger partial charge in [0.2, 0.25) is 0 Å². The number of halogens is 1. The fourth-order valence-corrected chi connectivity index (χ4v) is 2.97. The number of carboxylic acids is 1. The van der Waals surface area contributed by atoms with E-state index in [2.05, 4.69) is 5.32 Å². The first-order chi connectivity index (χ1) is 9.70. The number of thiophene rings is 1. The van der Waals surface area contributed by atoms with Gasteiger partial charge in [-0.3, -0.25) is 4.79 Å². The molecule has 21 heavy (non-hydrogen) atoms. The Morgan fingerprint density at radius 1 is 1.33 bits per heavy atom. The number of carbonyl (C=O) groups is 2. The van der Waals surface area contributed by atoms with Crippen LogP contribution >= 0.6 is 11.3 Å². The monoisotopic (exact) mass is 309 g/mol. The standard InChI is InChI=1S/C15H16FNO3S/c1-15(2,3)12(14(19)20)17-13(18)11-7-8-9(16)5-4-6-10(8)21-11/h4-7,12H,1-3H3,(H,17,18)(H,19,20)/t12-/m0/s1. The molecule has 0 aliphatic heterocycles. The molecule has 1 atom stereocenters. The summed E-state index contributed by atoms with van der Waals surface area (Å²) in [7, 11) is 0. The van der Waals surface area contributed by atoms with Gasteiger partial charge in [-0.1, -0.05) is 26.8 Å². The maximum atomic E-state index is 13.6. The second kappa shape index (κ2) is 5.44. The Labute approximate surface area is 125 Å². The van der Waals surface area contributed by atoms with E-state index in [-0.39, 0.29) is 0 Å². The second-order valence-electron chi connectivity index (χ2n) is 5.87. The highest BCUT2D eigenvalue weighted by molar-refractivity contribution is 7.20. The molecular formula is C15H16FNO3S. The number of nitrogens with one attached hydrogen (secondary N) is 1. The third-order valence-electron chi connectivity index (χ3n) is 3.12. The van der Waals surface area contributed by atoms with E-state index in [0.29, 0.717) is 15.0 Å². The number of benzene rings is 1. The summed E-state index contributed by atoms with van der Waals surface area (Å²) in [6, 6.07) is 5.06. The Morgan fingerprint density at radius 2 is 2.00 bits per heavy atom. The fraction of sp³-hybridized carbons (Fsp3) is 0.333. The molecule has 4 nitrogen and oxygen atoms in total. The summed E-state index contributed by atoms with van der Waals surface area (Å²) in [5.74, 6) is -1.99. The number of aliphatic carboxylic acids is 1. The number of amides is 1. The van der Waals surface area contributed by atoms with E-state index < -0.39 is 29.2 Å². The van der Waals surface area contributed by atoms with Crippen molar-refractivity contribution in [2.24, 2.45) is 5.41 Å². The number of fused-ring (bicyclic) bond motifs is 1. The zero-order valence-corrected chi connectivity index (χ0v) is 12.8. The van der Waals surface area contributed by atoms with Gasteiger partial charge in [0.25, 0.3) is 5.91 Å². The molecule has 0 radical (unpaired) electrons. The smallest absolute Gasteiger partial charge is 0.326 e. The summed E-state index contributed by atoms with van der Waals surface area (Å²) >= 11 is 1.14. The Hall–Kier alpha value is -1.95. The molecule has 2 N–H and O–H groups in total. The summed E-state index contributed by atoms with van der Waals surface area (Å²) in [4.78, 5) is 23.8. The van der Waals surface area contributed by atoms with E-state index in [4.69, 9.17) is 0 Å². The topological polar surface area (TPSA) is 66.4 Å². The molecule has 0 saturated heterocycles. The molecule has 112 valence electrons. The molecule has 0 saturated carbocycles. The third-order valence-corrected chi connectivity index (χ3v) is 4.22. The van der Waals surface area contributed by atoms with Gasteiger partial charge >= 0.3 is 5.97 Å². The SMILES string of the molecule is CC(C)(C)[C@@H](NC(=O)c1cc2c(F)cccc2s1)C(=O)O. The van der Waals surface area contributed by atoms with Crippen molar-refractivity contribution in [3.8, 4) is 0 Å². The highest BCUT2D eigenvalue weighted by Crippen LogP contribution is 2.28. The van der Waals surface area contributed by atoms with Gasteiger partial charge in [0.05, 0.1) is 4.88 Å². The van der Waals surface area contributed by atoms with Crippen LogP contribution in [0.3, 0.4) is 0 Å². The zero-order chi connectivity index (χ0) is 15.8. The lowest BCUT2D eigenvalue weighted by atomic mass is 9.87. The van der Waals surface area contributed by atoms with Gasteiger partial charge < -0.3 is 10.4 Å². The fourth-order valence-electron chi connectivity index (χ4n) is 1.99. The molecule has 1 aromatic carbocycles. The Balaban J connectivity index is 2.30. The van der Waals surface area contributed by atoms with E-state index in [0.717, 1.165) is 11.3 Å². The first-order valence-corrected chi connectivity index (χ1v) is 7.23. The van der Waals surface area contributed by atoms with Crippen molar-refractivity contribution in [2.45, 2.75) is 26.8 Å². The normalized spacial score (nSPS) is 13.1. The van der Waals surface area contributed by atoms with E-state index >= 15 is 0 Å². The number of rotatable bonds is 3. The average molecular weight is 309 g/mol. The van der Waals surface area contributed by atoms with Crippen molar-refractivity contribution in [3.63, 3.8) is 0 Å². The second-order valence-corrected chi connectivity index (χ2v) is 6.96. The van der Waals surface area contributed by atoms with Crippen molar-refractivity contribution in [2.75, 3.05) is 0 Å². The van der Waals surface area contributed by atoms with Gasteiger partial charge in [0.1, 0.15) is 11.9 Å². The largest absolute Gasteiger partial charge is 0.480 e. The van der Waals surface area contributed by atoms with Crippen LogP contribution in [0.2, 0.25) is 0 Å². The number of hydrogen-bond acceptors (Lipinski definition) is 3. The lowest BCUT2D eigenvalue weighted by Gasteiger charge is -2.27. The van der Waals surface area contributed by atoms with Gasteiger partial charge in [-0.25, -0.2) is 9.18 Å². The summed E-state index contributed by atoms with van der Waals surface area (Å²) < 4.78 is 14.3. The summed E-state index contributed by atoms with van der Waals surface area (Å²) in [5.41, 5.74) is -0.622. The Bertz CT molecular complexity index is 702. The average Bonchev–Trinajstić information content (AvgIpc) is 2.79. The van der Waals surface area contributed by atoms with Gasteiger partial charge in [-0.2, -0.15) is 0 Å². The van der Waals surface area contributed by atoms with Crippen LogP contribution in [0.4, 0.5) is 4.39 Å². The van der Waals surface area contributed by atoms with Crippen LogP contribution < -0.4 is 5.32 Å². The Morgan fingerprint density at radius 3 is 2.52 bits per heavy atom. The molecule has 0 unspecified atom stereocenters. The number of carbonyl (C=O) groups excluding carboxylic acids is 1. The third kappa shape index (κ3) is 3.21. The van der Waals surface area contributed by atoms with E-state index in [1.807, 2.05) is 0 Å². The predicted molar refractivity (Wildman–Crippen MR) is 80.1 cm³/mol. The number of carboxylic acid groups (broad SMARTS) is 1. The van der Waals surface area contributed by atoms with E-state index in [9.17, 15) is 19.1 Å². The molecule has 0 aliphatic rings. The quantitative estimate of drug-likeness (QED) is 0.914. The summed E-state index contributed by atoms with van der Waals surface area (Å²) in [6.45, 7) is 5.20. The van der Waals surface area contributed by atoms with Gasteiger partial charge in [-0.15, -0.1) is 11.3 Å². The van der Waals surface area contributed by atoms with Crippen molar-refractivity contribution < 1.29 is 19.1 Å². The van der Waals surface area contributed by atoms with Crippen molar-refractivity contribution in [3.05, 3.63) is 35.0 Å². The highest BCUT2D eigenvalue weighted by atomic mass is 32.1. The minimum absolute atomic E-state index is 0.297. The first kappa shape index (κ1) is 15.4. The minimum atomic E-state index is -1.09. The zero-order valence-electron chi connectivity index (χ0n) is 11.9. The van der Waals surface area contributed by atoms with Crippen LogP contribution in [0.5, 0.6) is 0 Å². The molecule has 1 aromatic heterocycles. The molecule has 2 rings (SSSR count). The molecule has 0 spiro atoms. The molecule has 1 heterocycles. The molecule has 0 aliphatic carbocycles. The van der Waals surface area contributed by atoms with E-state index in [1.165, 1.54) is 12.1 Å². The van der Waals surface area contributed by atoms with Crippen molar-refractivity contribution >= 4 is 33.3 Å². The lowest BCUT2D eigenvalue weighted by molar-refractivity contribution is -0.142. The van der Waals surface area contributed by atoms with Crippen LogP contribution in [0, 0.1) is 11.2 Å². The first-order valence-electron chi connectivity index (χ1n) is 6.42. The highest BCUT2D eigenvalue weighted by Gasteiger charge is 2.33. The van der Waals surface area contributed by atoms with Crippen LogP contribution in [-0.2, 0) is 4.79 Å². The molecule has 2 aromatic rings. The van der Waals surface area contributed by atoms with Crippen molar-refractivity contribution in [1.29, 1.82) is 0 Å². The van der Waals surface area contributed by atoms with Crippen molar-refractivity contribution in [1.82, 2.24) is 5.32 Å². The van der Waals surface area contributed by atoms with Crippen LogP contribution in [0.1, 0.15) is 30.4 Å². The molecule has 0 fully saturated rings. The van der Waals surface area contributed by atoms with Crippen LogP contribution in [0.25, 0.3) is 10.1 Å². The summed E-state index contributed by atoms with van der Waals surface area (Å²) in [5, 5.41) is 12.1. The van der Waals surface area contributed by atoms with Crippen LogP contribution in [-0.4, -0.2) is 23.0 Å². The molecular weight excluding hydrogens is 293 g/mol. The Kier molecular flexibility index (Phi) is 4.00. The van der Waals surface area contributed by atoms with Gasteiger partial charge in [0.15, 0.2) is 0 Å². The lowest BCUT2D eigenvalue weighted by Crippen LogP contribution is -2.48. The molecule has 0 bridgehead atoms. The van der Waals surface area contributed by atoms with Gasteiger partial charge in [-0.05, 0) is 23.6 Å². The predicted octanol–water partition coefficient (Wildman–Crippen LogP) is 3.27. The summed E-state index contributed by atoms with van der Waals surface area (Å²) in [6.07, 6.45) is 0. The maximum Gasteiger partial charge on any atom is 0.326 e. The molecule has 6 heteroatoms. The number of hydrogen-bond donors (Lipinski definition) is 2. The van der Waals surface area contributed by atoms with E-state index in [1.54, 1.807) is 32.9 Å². The molecule has 1 amide bonds. The van der Waals surface area contributed by atoms with Crippen LogP contribution in [0.15, 0.2) is 24.3 Å².